The van der Waals surface area contributed by atoms with Crippen LogP contribution in [0, 0.1) is 5.82 Å². The lowest BCUT2D eigenvalue weighted by molar-refractivity contribution is 0.0717. The Kier molecular flexibility index (Phi) is 3.82. The smallest absolute Gasteiger partial charge is 0.289 e. The number of nitrogens with zero attached hydrogens (tertiary/aromatic N) is 3. The van der Waals surface area contributed by atoms with Crippen LogP contribution in [0.4, 0.5) is 9.52 Å². The highest BCUT2D eigenvalue weighted by Gasteiger charge is 2.26. The number of fused-ring (bicyclic) bond motifs is 2. The maximum Gasteiger partial charge on any atom is 0.289 e. The molecule has 2 aromatic heterocycles. The fourth-order valence-corrected chi connectivity index (χ4v) is 4.41. The first-order valence-corrected chi connectivity index (χ1v) is 9.58. The summed E-state index contributed by atoms with van der Waals surface area (Å²) in [5.41, 5.74) is 1.13. The first-order valence-electron chi connectivity index (χ1n) is 8.77. The minimum atomic E-state index is -0.298. The van der Waals surface area contributed by atoms with Gasteiger partial charge in [-0.25, -0.2) is 9.37 Å². The number of hydrogen-bond donors (Lipinski definition) is 0. The van der Waals surface area contributed by atoms with Crippen molar-refractivity contribution < 1.29 is 13.6 Å². The van der Waals surface area contributed by atoms with Gasteiger partial charge in [-0.2, -0.15) is 0 Å². The zero-order chi connectivity index (χ0) is 18.4. The van der Waals surface area contributed by atoms with Crippen molar-refractivity contribution in [2.75, 3.05) is 31.1 Å². The van der Waals surface area contributed by atoms with Crippen LogP contribution < -0.4 is 4.90 Å². The molecule has 0 N–H and O–H groups in total. The predicted molar refractivity (Wildman–Crippen MR) is 104 cm³/mol. The molecule has 5 nitrogen and oxygen atoms in total. The second-order valence-corrected chi connectivity index (χ2v) is 7.52. The second-order valence-electron chi connectivity index (χ2n) is 6.51. The number of piperazine rings is 1. The Bertz CT molecular complexity index is 1110. The Labute approximate surface area is 158 Å². The van der Waals surface area contributed by atoms with Crippen LogP contribution in [0.3, 0.4) is 0 Å². The van der Waals surface area contributed by atoms with Crippen molar-refractivity contribution in [2.45, 2.75) is 0 Å². The monoisotopic (exact) mass is 381 g/mol. The van der Waals surface area contributed by atoms with Crippen molar-refractivity contribution in [2.24, 2.45) is 0 Å². The Morgan fingerprint density at radius 1 is 1.07 bits per heavy atom. The first kappa shape index (κ1) is 16.3. The molecule has 136 valence electrons. The number of halogens is 1. The van der Waals surface area contributed by atoms with Crippen LogP contribution in [0.2, 0.25) is 0 Å². The van der Waals surface area contributed by atoms with Crippen molar-refractivity contribution in [3.63, 3.8) is 0 Å². The first-order chi connectivity index (χ1) is 13.2. The van der Waals surface area contributed by atoms with E-state index in [1.54, 1.807) is 17.0 Å². The number of benzene rings is 2. The highest BCUT2D eigenvalue weighted by atomic mass is 32.1. The molecule has 5 rings (SSSR count). The van der Waals surface area contributed by atoms with Gasteiger partial charge in [0, 0.05) is 31.6 Å². The summed E-state index contributed by atoms with van der Waals surface area (Å²) in [4.78, 5) is 21.1. The summed E-state index contributed by atoms with van der Waals surface area (Å²) in [6, 6.07) is 14.4. The van der Waals surface area contributed by atoms with Gasteiger partial charge in [0.25, 0.3) is 5.91 Å². The Morgan fingerprint density at radius 2 is 1.89 bits per heavy atom. The number of thiazole rings is 1. The molecule has 0 bridgehead atoms. The number of carbonyl (C=O) groups excluding carboxylic acids is 1. The summed E-state index contributed by atoms with van der Waals surface area (Å²) in [7, 11) is 0. The fraction of sp³-hybridized carbons (Fsp3) is 0.200. The quantitative estimate of drug-likeness (QED) is 0.524. The predicted octanol–water partition coefficient (Wildman–Crippen LogP) is 4.14. The molecule has 0 aliphatic carbocycles. The lowest BCUT2D eigenvalue weighted by Crippen LogP contribution is -2.48. The van der Waals surface area contributed by atoms with Gasteiger partial charge in [-0.3, -0.25) is 4.79 Å². The molecule has 1 aliphatic rings. The Balaban J connectivity index is 1.31. The Hall–Kier alpha value is -2.93. The number of furan rings is 1. The molecular weight excluding hydrogens is 365 g/mol. The SMILES string of the molecule is O=C(c1cc2ccccc2o1)N1CCN(c2nc3c(F)cccc3s2)CC1. The number of amides is 1. The van der Waals surface area contributed by atoms with Gasteiger partial charge in [-0.1, -0.05) is 35.6 Å². The van der Waals surface area contributed by atoms with Crippen LogP contribution in [0.5, 0.6) is 0 Å². The van der Waals surface area contributed by atoms with E-state index in [0.717, 1.165) is 20.8 Å². The van der Waals surface area contributed by atoms with Gasteiger partial charge in [0.15, 0.2) is 10.9 Å². The molecule has 1 amide bonds. The lowest BCUT2D eigenvalue weighted by atomic mass is 10.2. The average Bonchev–Trinajstić information content (AvgIpc) is 3.32. The Morgan fingerprint density at radius 3 is 2.67 bits per heavy atom. The standard InChI is InChI=1S/C20H16FN3O2S/c21-14-5-3-7-17-18(14)22-20(27-17)24-10-8-23(9-11-24)19(25)16-12-13-4-1-2-6-15(13)26-16/h1-7,12H,8-11H2. The van der Waals surface area contributed by atoms with Crippen molar-refractivity contribution in [3.8, 4) is 0 Å². The van der Waals surface area contributed by atoms with E-state index in [2.05, 4.69) is 9.88 Å². The van der Waals surface area contributed by atoms with Crippen LogP contribution in [0.1, 0.15) is 10.6 Å². The molecule has 7 heteroatoms. The van der Waals surface area contributed by atoms with Crippen LogP contribution >= 0.6 is 11.3 Å². The number of rotatable bonds is 2. The molecule has 0 unspecified atom stereocenters. The summed E-state index contributed by atoms with van der Waals surface area (Å²) >= 11 is 1.48. The minimum absolute atomic E-state index is 0.0961. The second kappa shape index (κ2) is 6.35. The van der Waals surface area contributed by atoms with E-state index in [-0.39, 0.29) is 11.7 Å². The lowest BCUT2D eigenvalue weighted by Gasteiger charge is -2.34. The van der Waals surface area contributed by atoms with Gasteiger partial charge in [0.05, 0.1) is 4.70 Å². The van der Waals surface area contributed by atoms with Gasteiger partial charge in [0.2, 0.25) is 0 Å². The molecule has 0 radical (unpaired) electrons. The zero-order valence-electron chi connectivity index (χ0n) is 14.4. The maximum atomic E-state index is 13.9. The number of carbonyl (C=O) groups is 1. The molecule has 3 heterocycles. The van der Waals surface area contributed by atoms with E-state index in [4.69, 9.17) is 4.42 Å². The van der Waals surface area contributed by atoms with Crippen molar-refractivity contribution in [1.82, 2.24) is 9.88 Å². The molecule has 1 fully saturated rings. The zero-order valence-corrected chi connectivity index (χ0v) is 15.2. The highest BCUT2D eigenvalue weighted by Crippen LogP contribution is 2.31. The number of anilines is 1. The molecule has 27 heavy (non-hydrogen) atoms. The summed E-state index contributed by atoms with van der Waals surface area (Å²) in [5.74, 6) is -0.0263. The van der Waals surface area contributed by atoms with Crippen molar-refractivity contribution in [3.05, 3.63) is 60.1 Å². The molecule has 0 atom stereocenters. The van der Waals surface area contributed by atoms with Gasteiger partial charge in [0.1, 0.15) is 16.9 Å². The molecule has 1 saturated heterocycles. The van der Waals surface area contributed by atoms with E-state index >= 15 is 0 Å². The van der Waals surface area contributed by atoms with Crippen LogP contribution in [-0.4, -0.2) is 42.0 Å². The van der Waals surface area contributed by atoms with Crippen molar-refractivity contribution >= 4 is 43.6 Å². The van der Waals surface area contributed by atoms with Gasteiger partial charge >= 0.3 is 0 Å². The summed E-state index contributed by atoms with van der Waals surface area (Å²) in [6.07, 6.45) is 0. The summed E-state index contributed by atoms with van der Waals surface area (Å²) < 4.78 is 20.4. The van der Waals surface area contributed by atoms with Gasteiger partial charge < -0.3 is 14.2 Å². The summed E-state index contributed by atoms with van der Waals surface area (Å²) in [6.45, 7) is 2.48. The van der Waals surface area contributed by atoms with Gasteiger partial charge in [-0.15, -0.1) is 0 Å². The fourth-order valence-electron chi connectivity index (χ4n) is 3.38. The number of para-hydroxylation sites is 2. The summed E-state index contributed by atoms with van der Waals surface area (Å²) in [5, 5.41) is 1.72. The van der Waals surface area contributed by atoms with Crippen LogP contribution in [-0.2, 0) is 0 Å². The topological polar surface area (TPSA) is 49.6 Å². The van der Waals surface area contributed by atoms with E-state index in [1.807, 2.05) is 30.3 Å². The normalized spacial score (nSPS) is 15.0. The molecule has 0 saturated carbocycles. The van der Waals surface area contributed by atoms with Crippen LogP contribution in [0.15, 0.2) is 52.9 Å². The average molecular weight is 381 g/mol. The molecule has 2 aromatic carbocycles. The molecular formula is C20H16FN3O2S. The van der Waals surface area contributed by atoms with Crippen LogP contribution in [0.25, 0.3) is 21.2 Å². The van der Waals surface area contributed by atoms with E-state index in [0.29, 0.717) is 37.5 Å². The third-order valence-corrected chi connectivity index (χ3v) is 5.91. The van der Waals surface area contributed by atoms with Crippen molar-refractivity contribution in [1.29, 1.82) is 0 Å². The third-order valence-electron chi connectivity index (χ3n) is 4.83. The largest absolute Gasteiger partial charge is 0.451 e. The van der Waals surface area contributed by atoms with E-state index < -0.39 is 0 Å². The van der Waals surface area contributed by atoms with E-state index in [1.165, 1.54) is 17.4 Å². The molecule has 4 aromatic rings. The molecule has 1 aliphatic heterocycles. The molecule has 0 spiro atoms. The number of aromatic nitrogens is 1. The highest BCUT2D eigenvalue weighted by molar-refractivity contribution is 7.22. The maximum absolute atomic E-state index is 13.9. The number of hydrogen-bond acceptors (Lipinski definition) is 5. The third kappa shape index (κ3) is 2.84. The van der Waals surface area contributed by atoms with E-state index in [9.17, 15) is 9.18 Å². The minimum Gasteiger partial charge on any atom is -0.451 e. The van der Waals surface area contributed by atoms with Gasteiger partial charge in [-0.05, 0) is 24.3 Å².